The van der Waals surface area contributed by atoms with Gasteiger partial charge in [-0.2, -0.15) is 0 Å². The van der Waals surface area contributed by atoms with Crippen LogP contribution in [0.3, 0.4) is 0 Å². The molecule has 1 nitrogen and oxygen atoms in total. The average Bonchev–Trinajstić information content (AvgIpc) is 2.63. The number of hydrogen-bond donors (Lipinski definition) is 1. The summed E-state index contributed by atoms with van der Waals surface area (Å²) in [6.45, 7) is 5.35. The lowest BCUT2D eigenvalue weighted by Crippen LogP contribution is -2.00. The van der Waals surface area contributed by atoms with E-state index in [0.717, 1.165) is 13.0 Å². The minimum absolute atomic E-state index is 0.689. The number of aryl methyl sites for hydroxylation is 1. The molecule has 2 N–H and O–H groups in total. The fraction of sp³-hybridized carbons (Fsp3) is 0.667. The SMILES string of the molecule is CCCc1ccc(C(C)CCCN)s1. The maximum Gasteiger partial charge on any atom is 0.00763 e. The third-order valence-electron chi connectivity index (χ3n) is 2.51. The standard InChI is InChI=1S/C12H21NS/c1-3-5-11-7-8-12(14-11)10(2)6-4-9-13/h7-8,10H,3-6,9,13H2,1-2H3. The molecule has 0 aromatic carbocycles. The van der Waals surface area contributed by atoms with Gasteiger partial charge in [0.1, 0.15) is 0 Å². The molecular formula is C12H21NS. The van der Waals surface area contributed by atoms with Crippen molar-refractivity contribution in [2.24, 2.45) is 5.73 Å². The first kappa shape index (κ1) is 11.7. The molecule has 1 aromatic heterocycles. The minimum atomic E-state index is 0.689. The van der Waals surface area contributed by atoms with Crippen molar-refractivity contribution in [2.45, 2.75) is 45.4 Å². The van der Waals surface area contributed by atoms with Crippen molar-refractivity contribution in [1.29, 1.82) is 0 Å². The monoisotopic (exact) mass is 211 g/mol. The predicted octanol–water partition coefficient (Wildman–Crippen LogP) is 3.54. The number of thiophene rings is 1. The normalized spacial score (nSPS) is 13.1. The van der Waals surface area contributed by atoms with Crippen LogP contribution in [0.1, 0.15) is 48.8 Å². The summed E-state index contributed by atoms with van der Waals surface area (Å²) in [7, 11) is 0. The molecule has 0 amide bonds. The van der Waals surface area contributed by atoms with Crippen LogP contribution in [0, 0.1) is 0 Å². The molecule has 0 saturated heterocycles. The van der Waals surface area contributed by atoms with Gasteiger partial charge in [0.25, 0.3) is 0 Å². The van der Waals surface area contributed by atoms with E-state index in [9.17, 15) is 0 Å². The molecule has 0 fully saturated rings. The van der Waals surface area contributed by atoms with E-state index >= 15 is 0 Å². The quantitative estimate of drug-likeness (QED) is 0.765. The zero-order chi connectivity index (χ0) is 10.4. The molecule has 1 heterocycles. The molecule has 0 saturated carbocycles. The Morgan fingerprint density at radius 2 is 2.21 bits per heavy atom. The van der Waals surface area contributed by atoms with E-state index in [4.69, 9.17) is 5.73 Å². The van der Waals surface area contributed by atoms with Crippen molar-refractivity contribution in [3.8, 4) is 0 Å². The Labute approximate surface area is 91.3 Å². The van der Waals surface area contributed by atoms with Gasteiger partial charge in [-0.3, -0.25) is 0 Å². The maximum atomic E-state index is 5.51. The summed E-state index contributed by atoms with van der Waals surface area (Å²) < 4.78 is 0. The number of nitrogens with two attached hydrogens (primary N) is 1. The lowest BCUT2D eigenvalue weighted by atomic mass is 10.0. The van der Waals surface area contributed by atoms with Gasteiger partial charge in [0, 0.05) is 9.75 Å². The van der Waals surface area contributed by atoms with Crippen molar-refractivity contribution in [1.82, 2.24) is 0 Å². The van der Waals surface area contributed by atoms with Crippen LogP contribution in [0.15, 0.2) is 12.1 Å². The van der Waals surface area contributed by atoms with Gasteiger partial charge in [-0.05, 0) is 43.9 Å². The van der Waals surface area contributed by atoms with Gasteiger partial charge in [0.05, 0.1) is 0 Å². The van der Waals surface area contributed by atoms with Gasteiger partial charge in [0.15, 0.2) is 0 Å². The van der Waals surface area contributed by atoms with Crippen LogP contribution >= 0.6 is 11.3 Å². The van der Waals surface area contributed by atoms with E-state index in [2.05, 4.69) is 26.0 Å². The molecule has 2 heteroatoms. The summed E-state index contributed by atoms with van der Waals surface area (Å²) in [5.41, 5.74) is 5.51. The molecule has 0 aliphatic heterocycles. The Hall–Kier alpha value is -0.340. The van der Waals surface area contributed by atoms with Gasteiger partial charge in [-0.1, -0.05) is 20.3 Å². The summed E-state index contributed by atoms with van der Waals surface area (Å²) in [5, 5.41) is 0. The first-order valence-corrected chi connectivity index (χ1v) is 6.38. The number of hydrogen-bond acceptors (Lipinski definition) is 2. The van der Waals surface area contributed by atoms with E-state index in [0.29, 0.717) is 5.92 Å². The van der Waals surface area contributed by atoms with Crippen LogP contribution in [0.2, 0.25) is 0 Å². The maximum absolute atomic E-state index is 5.51. The first-order chi connectivity index (χ1) is 6.77. The summed E-state index contributed by atoms with van der Waals surface area (Å²) in [5.74, 6) is 0.689. The van der Waals surface area contributed by atoms with Gasteiger partial charge in [-0.15, -0.1) is 11.3 Å². The molecule has 14 heavy (non-hydrogen) atoms. The smallest absolute Gasteiger partial charge is 0.00763 e. The van der Waals surface area contributed by atoms with Crippen molar-refractivity contribution < 1.29 is 0 Å². The second-order valence-electron chi connectivity index (χ2n) is 3.89. The third-order valence-corrected chi connectivity index (χ3v) is 3.88. The Bertz CT molecular complexity index is 255. The molecule has 1 aromatic rings. The largest absolute Gasteiger partial charge is 0.330 e. The van der Waals surface area contributed by atoms with Gasteiger partial charge >= 0.3 is 0 Å². The van der Waals surface area contributed by atoms with Crippen LogP contribution in [-0.2, 0) is 6.42 Å². The van der Waals surface area contributed by atoms with E-state index in [1.54, 1.807) is 0 Å². The lowest BCUT2D eigenvalue weighted by molar-refractivity contribution is 0.649. The first-order valence-electron chi connectivity index (χ1n) is 5.56. The average molecular weight is 211 g/mol. The van der Waals surface area contributed by atoms with Gasteiger partial charge in [0.2, 0.25) is 0 Å². The molecule has 0 aliphatic carbocycles. The molecule has 1 rings (SSSR count). The Morgan fingerprint density at radius 3 is 2.86 bits per heavy atom. The molecule has 0 spiro atoms. The molecular weight excluding hydrogens is 190 g/mol. The molecule has 1 atom stereocenters. The van der Waals surface area contributed by atoms with Crippen LogP contribution in [0.5, 0.6) is 0 Å². The highest BCUT2D eigenvalue weighted by Crippen LogP contribution is 2.28. The highest BCUT2D eigenvalue weighted by Gasteiger charge is 2.07. The van der Waals surface area contributed by atoms with Gasteiger partial charge < -0.3 is 5.73 Å². The second-order valence-corrected chi connectivity index (χ2v) is 5.09. The Morgan fingerprint density at radius 1 is 1.43 bits per heavy atom. The van der Waals surface area contributed by atoms with E-state index in [-0.39, 0.29) is 0 Å². The highest BCUT2D eigenvalue weighted by atomic mass is 32.1. The van der Waals surface area contributed by atoms with Crippen LogP contribution in [0.25, 0.3) is 0 Å². The van der Waals surface area contributed by atoms with Crippen molar-refractivity contribution >= 4 is 11.3 Å². The van der Waals surface area contributed by atoms with Crippen molar-refractivity contribution in [3.63, 3.8) is 0 Å². The van der Waals surface area contributed by atoms with Crippen molar-refractivity contribution in [2.75, 3.05) is 6.54 Å². The zero-order valence-corrected chi connectivity index (χ0v) is 10.1. The highest BCUT2D eigenvalue weighted by molar-refractivity contribution is 7.12. The van der Waals surface area contributed by atoms with Gasteiger partial charge in [-0.25, -0.2) is 0 Å². The fourth-order valence-electron chi connectivity index (χ4n) is 1.61. The van der Waals surface area contributed by atoms with Crippen LogP contribution < -0.4 is 5.73 Å². The molecule has 1 unspecified atom stereocenters. The fourth-order valence-corrected chi connectivity index (χ4v) is 2.81. The molecule has 0 radical (unpaired) electrons. The Kier molecular flexibility index (Phi) is 5.20. The van der Waals surface area contributed by atoms with E-state index < -0.39 is 0 Å². The van der Waals surface area contributed by atoms with Crippen molar-refractivity contribution in [3.05, 3.63) is 21.9 Å². The van der Waals surface area contributed by atoms with Crippen LogP contribution in [-0.4, -0.2) is 6.54 Å². The zero-order valence-electron chi connectivity index (χ0n) is 9.25. The third kappa shape index (κ3) is 3.43. The Balaban J connectivity index is 2.48. The lowest BCUT2D eigenvalue weighted by Gasteiger charge is -2.07. The summed E-state index contributed by atoms with van der Waals surface area (Å²) in [6, 6.07) is 4.57. The van der Waals surface area contributed by atoms with Crippen LogP contribution in [0.4, 0.5) is 0 Å². The second kappa shape index (κ2) is 6.20. The topological polar surface area (TPSA) is 26.0 Å². The minimum Gasteiger partial charge on any atom is -0.330 e. The molecule has 0 bridgehead atoms. The summed E-state index contributed by atoms with van der Waals surface area (Å²) >= 11 is 1.98. The summed E-state index contributed by atoms with van der Waals surface area (Å²) in [4.78, 5) is 3.06. The van der Waals surface area contributed by atoms with E-state index in [1.165, 1.54) is 29.0 Å². The summed E-state index contributed by atoms with van der Waals surface area (Å²) in [6.07, 6.45) is 4.84. The number of rotatable bonds is 6. The molecule has 80 valence electrons. The van der Waals surface area contributed by atoms with E-state index in [1.807, 2.05) is 11.3 Å². The molecule has 0 aliphatic rings. The predicted molar refractivity (Wildman–Crippen MR) is 65.0 cm³/mol.